The number of carbonyl (C=O) groups excluding carboxylic acids is 1. The highest BCUT2D eigenvalue weighted by molar-refractivity contribution is 6.30. The first-order valence-electron chi connectivity index (χ1n) is 10.3. The van der Waals surface area contributed by atoms with Crippen LogP contribution in [0.5, 0.6) is 0 Å². The van der Waals surface area contributed by atoms with E-state index in [0.29, 0.717) is 46.9 Å². The molecule has 1 heterocycles. The molecule has 0 saturated carbocycles. The van der Waals surface area contributed by atoms with Crippen LogP contribution in [0.25, 0.3) is 16.6 Å². The Morgan fingerprint density at radius 1 is 1.20 bits per heavy atom. The highest BCUT2D eigenvalue weighted by atomic mass is 35.5. The molecule has 0 fully saturated rings. The summed E-state index contributed by atoms with van der Waals surface area (Å²) in [4.78, 5) is 32.9. The lowest BCUT2D eigenvalue weighted by Crippen LogP contribution is -2.43. The molecule has 3 aromatic rings. The molecule has 1 N–H and O–H groups in total. The number of aromatic nitrogens is 2. The Balaban J connectivity index is 2.34. The number of nitrogens with zero attached hydrogens (tertiary/aromatic N) is 3. The van der Waals surface area contributed by atoms with E-state index in [1.165, 1.54) is 0 Å². The van der Waals surface area contributed by atoms with E-state index in [9.17, 15) is 9.59 Å². The lowest BCUT2D eigenvalue weighted by Gasteiger charge is -2.31. The van der Waals surface area contributed by atoms with Crippen molar-refractivity contribution in [2.75, 3.05) is 13.1 Å². The van der Waals surface area contributed by atoms with E-state index in [0.717, 1.165) is 5.56 Å². The molecule has 3 rings (SSSR count). The van der Waals surface area contributed by atoms with Gasteiger partial charge in [-0.1, -0.05) is 30.7 Å². The summed E-state index contributed by atoms with van der Waals surface area (Å²) in [5, 5.41) is 4.00. The van der Waals surface area contributed by atoms with Crippen molar-refractivity contribution in [2.45, 2.75) is 40.2 Å². The van der Waals surface area contributed by atoms with Gasteiger partial charge < -0.3 is 10.2 Å². The number of amides is 2. The molecule has 2 amide bonds. The van der Waals surface area contributed by atoms with Gasteiger partial charge in [0.15, 0.2) is 0 Å². The van der Waals surface area contributed by atoms with Gasteiger partial charge in [0.2, 0.25) is 0 Å². The Bertz CT molecular complexity index is 1130. The second kappa shape index (κ2) is 9.30. The van der Waals surface area contributed by atoms with Crippen molar-refractivity contribution in [3.63, 3.8) is 0 Å². The van der Waals surface area contributed by atoms with Crippen LogP contribution in [0.1, 0.15) is 44.6 Å². The fraction of sp³-hybridized carbons (Fsp3) is 0.348. The van der Waals surface area contributed by atoms with Crippen LogP contribution in [0, 0.1) is 6.92 Å². The monoisotopic (exact) mass is 426 g/mol. The molecule has 1 unspecified atom stereocenters. The molecule has 1 atom stereocenters. The van der Waals surface area contributed by atoms with Gasteiger partial charge in [-0.05, 0) is 63.1 Å². The molecule has 0 spiro atoms. The molecular formula is C23H27ClN4O2. The van der Waals surface area contributed by atoms with Crippen molar-refractivity contribution in [1.29, 1.82) is 0 Å². The van der Waals surface area contributed by atoms with Gasteiger partial charge in [-0.25, -0.2) is 9.78 Å². The van der Waals surface area contributed by atoms with Gasteiger partial charge in [0.25, 0.3) is 5.56 Å². The third kappa shape index (κ3) is 4.05. The van der Waals surface area contributed by atoms with E-state index in [1.807, 2.05) is 58.0 Å². The molecule has 158 valence electrons. The molecule has 0 aliphatic heterocycles. The van der Waals surface area contributed by atoms with E-state index in [2.05, 4.69) is 5.32 Å². The number of hydrogen-bond acceptors (Lipinski definition) is 3. The van der Waals surface area contributed by atoms with Gasteiger partial charge in [-0.15, -0.1) is 0 Å². The first-order valence-corrected chi connectivity index (χ1v) is 10.6. The Morgan fingerprint density at radius 2 is 1.93 bits per heavy atom. The maximum Gasteiger partial charge on any atom is 0.318 e. The van der Waals surface area contributed by atoms with Crippen LogP contribution in [-0.4, -0.2) is 33.6 Å². The van der Waals surface area contributed by atoms with E-state index in [1.54, 1.807) is 21.6 Å². The van der Waals surface area contributed by atoms with E-state index < -0.39 is 0 Å². The number of hydrogen-bond donors (Lipinski definition) is 1. The first-order chi connectivity index (χ1) is 14.4. The van der Waals surface area contributed by atoms with Gasteiger partial charge >= 0.3 is 6.03 Å². The van der Waals surface area contributed by atoms with Crippen molar-refractivity contribution in [3.05, 3.63) is 69.2 Å². The molecule has 6 nitrogen and oxygen atoms in total. The second-order valence-electron chi connectivity index (χ2n) is 7.10. The minimum Gasteiger partial charge on any atom is -0.338 e. The molecule has 0 aliphatic rings. The van der Waals surface area contributed by atoms with Gasteiger partial charge in [-0.3, -0.25) is 9.36 Å². The Labute approximate surface area is 181 Å². The fourth-order valence-corrected chi connectivity index (χ4v) is 4.00. The maximum atomic E-state index is 13.6. The Morgan fingerprint density at radius 3 is 2.57 bits per heavy atom. The number of aryl methyl sites for hydroxylation is 1. The SMILES string of the molecule is CCNC(=O)N(CC)C(CC)c1nc2ccccc2c(=O)n1-c1ccc(Cl)cc1C. The molecule has 0 bridgehead atoms. The highest BCUT2D eigenvalue weighted by Gasteiger charge is 2.28. The number of carbonyl (C=O) groups is 1. The summed E-state index contributed by atoms with van der Waals surface area (Å²) in [6, 6.07) is 12.2. The Kier molecular flexibility index (Phi) is 6.77. The summed E-state index contributed by atoms with van der Waals surface area (Å²) in [6.07, 6.45) is 0.613. The largest absolute Gasteiger partial charge is 0.338 e. The number of rotatable bonds is 6. The lowest BCUT2D eigenvalue weighted by atomic mass is 10.1. The average Bonchev–Trinajstić information content (AvgIpc) is 2.73. The molecular weight excluding hydrogens is 400 g/mol. The minimum atomic E-state index is -0.367. The predicted molar refractivity (Wildman–Crippen MR) is 122 cm³/mol. The Hall–Kier alpha value is -2.86. The highest BCUT2D eigenvalue weighted by Crippen LogP contribution is 2.27. The molecule has 2 aromatic carbocycles. The third-order valence-corrected chi connectivity index (χ3v) is 5.43. The van der Waals surface area contributed by atoms with Crippen LogP contribution in [0.2, 0.25) is 5.02 Å². The number of fused-ring (bicyclic) bond motifs is 1. The number of nitrogens with one attached hydrogen (secondary N) is 1. The molecule has 7 heteroatoms. The van der Waals surface area contributed by atoms with Crippen molar-refractivity contribution < 1.29 is 4.79 Å². The zero-order chi connectivity index (χ0) is 21.8. The normalized spacial score (nSPS) is 12.0. The van der Waals surface area contributed by atoms with E-state index in [4.69, 9.17) is 16.6 Å². The number of halogens is 1. The number of urea groups is 1. The maximum absolute atomic E-state index is 13.6. The van der Waals surface area contributed by atoms with Crippen LogP contribution < -0.4 is 10.9 Å². The van der Waals surface area contributed by atoms with Gasteiger partial charge in [0.1, 0.15) is 5.82 Å². The van der Waals surface area contributed by atoms with Crippen LogP contribution in [0.15, 0.2) is 47.3 Å². The number of para-hydroxylation sites is 1. The van der Waals surface area contributed by atoms with Crippen molar-refractivity contribution in [2.24, 2.45) is 0 Å². The van der Waals surface area contributed by atoms with E-state index in [-0.39, 0.29) is 17.6 Å². The summed E-state index contributed by atoms with van der Waals surface area (Å²) in [7, 11) is 0. The summed E-state index contributed by atoms with van der Waals surface area (Å²) < 4.78 is 1.63. The smallest absolute Gasteiger partial charge is 0.318 e. The van der Waals surface area contributed by atoms with Crippen LogP contribution >= 0.6 is 11.6 Å². The summed E-state index contributed by atoms with van der Waals surface area (Å²) in [5.41, 5.74) is 2.03. The van der Waals surface area contributed by atoms with Crippen molar-refractivity contribution >= 4 is 28.5 Å². The minimum absolute atomic E-state index is 0.161. The van der Waals surface area contributed by atoms with E-state index >= 15 is 0 Å². The zero-order valence-electron chi connectivity index (χ0n) is 17.8. The van der Waals surface area contributed by atoms with Crippen LogP contribution in [0.3, 0.4) is 0 Å². The van der Waals surface area contributed by atoms with Crippen molar-refractivity contribution in [3.8, 4) is 5.69 Å². The standard InChI is InChI=1S/C23H27ClN4O2/c1-5-19(27(7-3)23(30)25-6-2)21-26-18-11-9-8-10-17(18)22(29)28(21)20-13-12-16(24)14-15(20)4/h8-14,19H,5-7H2,1-4H3,(H,25,30). The van der Waals surface area contributed by atoms with Gasteiger partial charge in [-0.2, -0.15) is 0 Å². The first kappa shape index (κ1) is 21.8. The van der Waals surface area contributed by atoms with Crippen LogP contribution in [-0.2, 0) is 0 Å². The summed E-state index contributed by atoms with van der Waals surface area (Å²) in [6.45, 7) is 8.73. The zero-order valence-corrected chi connectivity index (χ0v) is 18.5. The summed E-state index contributed by atoms with van der Waals surface area (Å²) in [5.74, 6) is 0.541. The lowest BCUT2D eigenvalue weighted by molar-refractivity contribution is 0.172. The average molecular weight is 427 g/mol. The molecule has 0 radical (unpaired) electrons. The summed E-state index contributed by atoms with van der Waals surface area (Å²) >= 11 is 6.15. The fourth-order valence-electron chi connectivity index (χ4n) is 3.78. The topological polar surface area (TPSA) is 67.2 Å². The second-order valence-corrected chi connectivity index (χ2v) is 7.54. The third-order valence-electron chi connectivity index (χ3n) is 5.19. The number of benzene rings is 2. The molecule has 0 saturated heterocycles. The van der Waals surface area contributed by atoms with Crippen LogP contribution in [0.4, 0.5) is 4.79 Å². The van der Waals surface area contributed by atoms with Crippen molar-refractivity contribution in [1.82, 2.24) is 19.8 Å². The molecule has 1 aromatic heterocycles. The quantitative estimate of drug-likeness (QED) is 0.612. The van der Waals surface area contributed by atoms with Gasteiger partial charge in [0.05, 0.1) is 22.6 Å². The van der Waals surface area contributed by atoms with Gasteiger partial charge in [0, 0.05) is 18.1 Å². The predicted octanol–water partition coefficient (Wildman–Crippen LogP) is 4.85. The molecule has 30 heavy (non-hydrogen) atoms. The molecule has 0 aliphatic carbocycles.